The number of alkyl halides is 3. The van der Waals surface area contributed by atoms with Gasteiger partial charge in [-0.05, 0) is 62.0 Å². The molecule has 1 saturated heterocycles. The fraction of sp³-hybridized carbons (Fsp3) is 0.615. The average molecular weight is 525 g/mol. The molecule has 0 spiro atoms. The molecule has 1 unspecified atom stereocenters. The first-order valence-electron chi connectivity index (χ1n) is 12.1. The maximum absolute atomic E-state index is 17.3. The van der Waals surface area contributed by atoms with Gasteiger partial charge in [0.15, 0.2) is 22.8 Å². The van der Waals surface area contributed by atoms with Gasteiger partial charge >= 0.3 is 0 Å². The molecular weight excluding hydrogens is 497 g/mol. The maximum Gasteiger partial charge on any atom is 0.226 e. The number of thioether (sulfide) groups is 1. The first kappa shape index (κ1) is 24.5. The Kier molecular flexibility index (Phi) is 5.31. The number of fused-ring (bicyclic) bond motifs is 7. The lowest BCUT2D eigenvalue weighted by Gasteiger charge is -2.63. The number of furan rings is 1. The van der Waals surface area contributed by atoms with E-state index in [1.807, 2.05) is 0 Å². The third-order valence-corrected chi connectivity index (χ3v) is 10.3. The number of ether oxygens (including phenoxy) is 2. The third kappa shape index (κ3) is 2.76. The average Bonchev–Trinajstić information content (AvgIpc) is 3.53. The van der Waals surface area contributed by atoms with E-state index in [0.29, 0.717) is 17.5 Å². The first-order valence-corrected chi connectivity index (χ1v) is 13.1. The standard InChI is InChI=1S/C26H27F3O6S/c1-23-6-5-13(30)8-16(23)17(28)9-15-14-10-20-26(22(32)36-12-27,24(14,2)11-19(31)25(15,23)29)35-21(34-20)18-4-3-7-33-18/h3-8,14-15,17,19-21,31H,9-12H2,1-2H3/t14-,15-,17-,19-,20+,21?,23-,24-,25-,26-/m0/s1. The van der Waals surface area contributed by atoms with Crippen LogP contribution in [0.3, 0.4) is 0 Å². The van der Waals surface area contributed by atoms with Crippen molar-refractivity contribution < 1.29 is 41.8 Å². The van der Waals surface area contributed by atoms with E-state index in [-0.39, 0.29) is 24.8 Å². The molecule has 4 fully saturated rings. The zero-order valence-corrected chi connectivity index (χ0v) is 20.6. The maximum atomic E-state index is 17.3. The highest BCUT2D eigenvalue weighted by molar-refractivity contribution is 8.13. The van der Waals surface area contributed by atoms with Gasteiger partial charge < -0.3 is 19.0 Å². The Balaban J connectivity index is 1.46. The number of allylic oxidation sites excluding steroid dienone is 4. The molecule has 1 N–H and O–H groups in total. The summed E-state index contributed by atoms with van der Waals surface area (Å²) in [5, 5.41) is 10.9. The molecule has 1 aromatic rings. The second-order valence-corrected chi connectivity index (χ2v) is 11.8. The van der Waals surface area contributed by atoms with Crippen LogP contribution in [0, 0.1) is 22.7 Å². The van der Waals surface area contributed by atoms with Crippen LogP contribution in [-0.4, -0.2) is 51.7 Å². The lowest BCUT2D eigenvalue weighted by molar-refractivity contribution is -0.233. The molecule has 0 radical (unpaired) electrons. The lowest BCUT2D eigenvalue weighted by Crippen LogP contribution is -2.70. The Hall–Kier alpha value is -1.88. The minimum Gasteiger partial charge on any atom is -0.464 e. The largest absolute Gasteiger partial charge is 0.464 e. The zero-order valence-electron chi connectivity index (χ0n) is 19.8. The summed E-state index contributed by atoms with van der Waals surface area (Å²) in [5.74, 6) is -1.70. The molecule has 0 bridgehead atoms. The number of carbonyl (C=O) groups excluding carboxylic acids is 2. The number of hydrogen-bond acceptors (Lipinski definition) is 7. The highest BCUT2D eigenvalue weighted by Gasteiger charge is 2.80. The fourth-order valence-electron chi connectivity index (χ4n) is 8.01. The van der Waals surface area contributed by atoms with Crippen molar-refractivity contribution in [2.45, 2.75) is 69.0 Å². The summed E-state index contributed by atoms with van der Waals surface area (Å²) in [6.45, 7) is 3.24. The van der Waals surface area contributed by atoms with Gasteiger partial charge in [-0.15, -0.1) is 0 Å². The van der Waals surface area contributed by atoms with E-state index in [2.05, 4.69) is 0 Å². The van der Waals surface area contributed by atoms with Gasteiger partial charge in [0.2, 0.25) is 11.4 Å². The van der Waals surface area contributed by atoms with Crippen molar-refractivity contribution in [3.8, 4) is 0 Å². The molecule has 0 amide bonds. The van der Waals surface area contributed by atoms with Gasteiger partial charge in [-0.25, -0.2) is 13.2 Å². The summed E-state index contributed by atoms with van der Waals surface area (Å²) in [5.41, 5.74) is -6.66. The first-order chi connectivity index (χ1) is 17.0. The van der Waals surface area contributed by atoms with E-state index in [4.69, 9.17) is 13.9 Å². The van der Waals surface area contributed by atoms with Crippen molar-refractivity contribution >= 4 is 22.7 Å². The molecule has 194 valence electrons. The van der Waals surface area contributed by atoms with Gasteiger partial charge in [-0.3, -0.25) is 9.59 Å². The lowest BCUT2D eigenvalue weighted by atomic mass is 9.44. The van der Waals surface area contributed by atoms with E-state index >= 15 is 8.78 Å². The Morgan fingerprint density at radius 1 is 1.28 bits per heavy atom. The number of carbonyl (C=O) groups is 2. The van der Waals surface area contributed by atoms with E-state index in [0.717, 1.165) is 6.08 Å². The SMILES string of the molecule is C[C@]12C=CC(=O)C=C1[C@@H](F)C[C@H]1[C@@H]3C[C@H]4OC(c5ccco5)O[C@@]4(C(=O)SCF)[C@@]3(C)C[C@H](O)[C@@]12F. The van der Waals surface area contributed by atoms with Gasteiger partial charge in [0.05, 0.1) is 18.5 Å². The summed E-state index contributed by atoms with van der Waals surface area (Å²) in [7, 11) is 0. The van der Waals surface area contributed by atoms with Crippen LogP contribution in [0.5, 0.6) is 0 Å². The minimum absolute atomic E-state index is 0.0266. The van der Waals surface area contributed by atoms with Gasteiger partial charge in [-0.1, -0.05) is 24.8 Å². The summed E-state index contributed by atoms with van der Waals surface area (Å²) in [6.07, 6.45) is -0.223. The molecule has 1 aliphatic heterocycles. The molecule has 3 saturated carbocycles. The smallest absolute Gasteiger partial charge is 0.226 e. The molecule has 10 heteroatoms. The van der Waals surface area contributed by atoms with Crippen LogP contribution in [-0.2, 0) is 19.1 Å². The second kappa shape index (κ2) is 7.82. The van der Waals surface area contributed by atoms with Crippen LogP contribution in [0.4, 0.5) is 13.2 Å². The molecule has 2 heterocycles. The van der Waals surface area contributed by atoms with Crippen molar-refractivity contribution in [3.05, 3.63) is 48.0 Å². The molecule has 5 aliphatic rings. The van der Waals surface area contributed by atoms with Crippen LogP contribution in [0.1, 0.15) is 45.2 Å². The van der Waals surface area contributed by atoms with E-state index in [1.54, 1.807) is 19.1 Å². The van der Waals surface area contributed by atoms with E-state index in [9.17, 15) is 19.1 Å². The Morgan fingerprint density at radius 3 is 2.75 bits per heavy atom. The molecule has 0 aromatic carbocycles. The number of rotatable bonds is 3. The molecule has 10 atom stereocenters. The Labute approximate surface area is 210 Å². The number of aliphatic hydroxyl groups excluding tert-OH is 1. The predicted molar refractivity (Wildman–Crippen MR) is 123 cm³/mol. The summed E-state index contributed by atoms with van der Waals surface area (Å²) in [6, 6.07) is 2.29. The molecule has 4 aliphatic carbocycles. The number of halogens is 3. The topological polar surface area (TPSA) is 86.0 Å². The van der Waals surface area contributed by atoms with Crippen molar-refractivity contribution in [2.24, 2.45) is 22.7 Å². The third-order valence-electron chi connectivity index (χ3n) is 9.63. The summed E-state index contributed by atoms with van der Waals surface area (Å²) < 4.78 is 64.2. The van der Waals surface area contributed by atoms with Crippen molar-refractivity contribution in [2.75, 3.05) is 6.01 Å². The second-order valence-electron chi connectivity index (χ2n) is 11.0. The predicted octanol–water partition coefficient (Wildman–Crippen LogP) is 4.55. The Bertz CT molecular complexity index is 1170. The van der Waals surface area contributed by atoms with Crippen LogP contribution in [0.25, 0.3) is 0 Å². The highest BCUT2D eigenvalue weighted by atomic mass is 32.2. The molecule has 36 heavy (non-hydrogen) atoms. The minimum atomic E-state index is -2.29. The molecule has 6 nitrogen and oxygen atoms in total. The van der Waals surface area contributed by atoms with Gasteiger partial charge in [0, 0.05) is 16.7 Å². The number of ketones is 1. The number of hydrogen-bond donors (Lipinski definition) is 1. The van der Waals surface area contributed by atoms with Crippen molar-refractivity contribution in [1.29, 1.82) is 0 Å². The molecule has 1 aromatic heterocycles. The normalized spacial score (nSPS) is 49.2. The number of aliphatic hydroxyl groups is 1. The molecule has 6 rings (SSSR count). The van der Waals surface area contributed by atoms with E-state index < -0.39 is 75.5 Å². The quantitative estimate of drug-likeness (QED) is 0.621. The van der Waals surface area contributed by atoms with Crippen LogP contribution >= 0.6 is 11.8 Å². The monoisotopic (exact) mass is 524 g/mol. The van der Waals surface area contributed by atoms with Crippen LogP contribution in [0.2, 0.25) is 0 Å². The Morgan fingerprint density at radius 2 is 2.06 bits per heavy atom. The van der Waals surface area contributed by atoms with Crippen LogP contribution in [0.15, 0.2) is 46.6 Å². The highest BCUT2D eigenvalue weighted by Crippen LogP contribution is 2.73. The summed E-state index contributed by atoms with van der Waals surface area (Å²) >= 11 is 0.449. The van der Waals surface area contributed by atoms with Crippen molar-refractivity contribution in [1.82, 2.24) is 0 Å². The van der Waals surface area contributed by atoms with Crippen molar-refractivity contribution in [3.63, 3.8) is 0 Å². The van der Waals surface area contributed by atoms with Gasteiger partial charge in [-0.2, -0.15) is 0 Å². The zero-order chi connectivity index (χ0) is 25.7. The molecular formula is C26H27F3O6S. The van der Waals surface area contributed by atoms with Gasteiger partial charge in [0.25, 0.3) is 0 Å². The van der Waals surface area contributed by atoms with E-state index in [1.165, 1.54) is 25.3 Å². The van der Waals surface area contributed by atoms with Crippen LogP contribution < -0.4 is 0 Å². The fourth-order valence-corrected chi connectivity index (χ4v) is 8.73. The van der Waals surface area contributed by atoms with Gasteiger partial charge in [0.1, 0.15) is 12.2 Å². The summed E-state index contributed by atoms with van der Waals surface area (Å²) in [4.78, 5) is 25.5.